The highest BCUT2D eigenvalue weighted by Crippen LogP contribution is 2.47. The van der Waals surface area contributed by atoms with Crippen LogP contribution in [-0.4, -0.2) is 63.7 Å². The molecule has 0 bridgehead atoms. The van der Waals surface area contributed by atoms with Crippen LogP contribution in [-0.2, 0) is 19.6 Å². The van der Waals surface area contributed by atoms with Gasteiger partial charge in [-0.15, -0.1) is 17.9 Å². The van der Waals surface area contributed by atoms with Crippen molar-refractivity contribution in [2.24, 2.45) is 11.8 Å². The van der Waals surface area contributed by atoms with E-state index < -0.39 is 32.3 Å². The fourth-order valence-electron chi connectivity index (χ4n) is 7.40. The second kappa shape index (κ2) is 12.2. The number of benzene rings is 1. The third kappa shape index (κ3) is 5.75. The lowest BCUT2D eigenvalue weighted by Crippen LogP contribution is -2.57. The lowest BCUT2D eigenvalue weighted by Gasteiger charge is -2.24. The molecule has 258 valence electrons. The van der Waals surface area contributed by atoms with Crippen molar-refractivity contribution >= 4 is 44.2 Å². The summed E-state index contributed by atoms with van der Waals surface area (Å²) in [4.78, 5) is 37.1. The Hall–Kier alpha value is -3.29. The van der Waals surface area contributed by atoms with Crippen LogP contribution >= 0.6 is 11.3 Å². The smallest absolute Gasteiger partial charge is 0.297 e. The summed E-state index contributed by atoms with van der Waals surface area (Å²) >= 11 is 1.67. The molecule has 4 fully saturated rings. The average molecular weight is 695 g/mol. The summed E-state index contributed by atoms with van der Waals surface area (Å²) in [6, 6.07) is 6.08. The van der Waals surface area contributed by atoms with Crippen molar-refractivity contribution in [1.29, 1.82) is 0 Å². The number of fused-ring (bicyclic) bond motifs is 1. The summed E-state index contributed by atoms with van der Waals surface area (Å²) in [5.41, 5.74) is 2.64. The zero-order chi connectivity index (χ0) is 34.0. The van der Waals surface area contributed by atoms with Gasteiger partial charge in [-0.1, -0.05) is 38.3 Å². The Bertz CT molecular complexity index is 1860. The molecular weight excluding hydrogens is 649 g/mol. The van der Waals surface area contributed by atoms with Crippen LogP contribution in [0.2, 0.25) is 0 Å². The summed E-state index contributed by atoms with van der Waals surface area (Å²) in [6.45, 7) is 12.0. The minimum Gasteiger partial charge on any atom is -0.460 e. The van der Waals surface area contributed by atoms with E-state index in [0.717, 1.165) is 21.6 Å². The summed E-state index contributed by atoms with van der Waals surface area (Å²) in [7, 11) is -3.85. The highest BCUT2D eigenvalue weighted by atomic mass is 32.2. The first-order valence-corrected chi connectivity index (χ1v) is 19.6. The quantitative estimate of drug-likeness (QED) is 0.233. The number of rotatable bonds is 11. The van der Waals surface area contributed by atoms with Crippen LogP contribution in [0.3, 0.4) is 0 Å². The topological polar surface area (TPSA) is 144 Å². The molecule has 4 aliphatic rings. The first-order valence-electron chi connectivity index (χ1n) is 17.3. The van der Waals surface area contributed by atoms with E-state index in [1.54, 1.807) is 24.3 Å². The first kappa shape index (κ1) is 33.2. The summed E-state index contributed by atoms with van der Waals surface area (Å²) in [6.07, 6.45) is 8.76. The SMILES string of the molecule is C=CC1CC1(NC(=O)C1NCC(Oc2nc3c(-c4nc(C5CCCCC5)cs4)cccc3n2C(C)C)C1C)C(=O)NS(=O)(=O)C1(C)CC1. The van der Waals surface area contributed by atoms with E-state index in [1.165, 1.54) is 37.8 Å². The second-order valence-electron chi connectivity index (χ2n) is 14.7. The summed E-state index contributed by atoms with van der Waals surface area (Å²) in [5, 5.41) is 9.33. The van der Waals surface area contributed by atoms with E-state index in [2.05, 4.69) is 57.9 Å². The second-order valence-corrected chi connectivity index (χ2v) is 17.8. The van der Waals surface area contributed by atoms with Gasteiger partial charge in [0.25, 0.3) is 11.9 Å². The Morgan fingerprint density at radius 3 is 2.60 bits per heavy atom. The average Bonchev–Trinajstić information content (AvgIpc) is 3.78. The van der Waals surface area contributed by atoms with Crippen molar-refractivity contribution in [3.8, 4) is 16.6 Å². The number of thiazole rings is 1. The Morgan fingerprint density at radius 2 is 1.94 bits per heavy atom. The number of aromatic nitrogens is 3. The number of para-hydroxylation sites is 1. The van der Waals surface area contributed by atoms with Crippen LogP contribution in [0, 0.1) is 11.8 Å². The van der Waals surface area contributed by atoms with E-state index in [0.29, 0.717) is 37.7 Å². The molecule has 48 heavy (non-hydrogen) atoms. The molecule has 1 saturated heterocycles. The number of nitrogens with one attached hydrogen (secondary N) is 3. The van der Waals surface area contributed by atoms with Crippen molar-refractivity contribution in [2.45, 2.75) is 113 Å². The maximum absolute atomic E-state index is 13.7. The molecule has 5 atom stereocenters. The van der Waals surface area contributed by atoms with Gasteiger partial charge in [0, 0.05) is 41.3 Å². The van der Waals surface area contributed by atoms with E-state index in [4.69, 9.17) is 14.7 Å². The van der Waals surface area contributed by atoms with Crippen molar-refractivity contribution in [3.63, 3.8) is 0 Å². The maximum Gasteiger partial charge on any atom is 0.297 e. The fraction of sp³-hybridized carbons (Fsp3) is 0.600. The van der Waals surface area contributed by atoms with Gasteiger partial charge in [-0.2, -0.15) is 4.98 Å². The van der Waals surface area contributed by atoms with E-state index in [-0.39, 0.29) is 29.9 Å². The molecule has 3 aliphatic carbocycles. The van der Waals surface area contributed by atoms with Gasteiger partial charge in [-0.25, -0.2) is 13.4 Å². The molecule has 3 saturated carbocycles. The van der Waals surface area contributed by atoms with Crippen LogP contribution in [0.15, 0.2) is 36.2 Å². The molecule has 2 amide bonds. The molecule has 3 heterocycles. The van der Waals surface area contributed by atoms with Crippen LogP contribution in [0.1, 0.15) is 96.7 Å². The minimum atomic E-state index is -3.85. The number of amides is 2. The van der Waals surface area contributed by atoms with E-state index in [9.17, 15) is 18.0 Å². The number of hydrogen-bond acceptors (Lipinski definition) is 9. The molecule has 5 unspecified atom stereocenters. The molecule has 2 aromatic heterocycles. The standard InChI is InChI=1S/C35H46N6O5S2/c1-6-23-17-35(23,32(43)40-48(44,45)34(5)15-16-34)39-30(42)28-21(4)27(18-36-28)46-33-38-29-24(13-10-14-26(29)41(33)20(2)3)31-37-25(19-47-31)22-11-8-7-9-12-22/h6,10,13-14,19-23,27-28,36H,1,7-9,11-12,15-18H2,2-5H3,(H,39,42)(H,40,43). The van der Waals surface area contributed by atoms with Gasteiger partial charge in [0.15, 0.2) is 0 Å². The van der Waals surface area contributed by atoms with E-state index >= 15 is 0 Å². The summed E-state index contributed by atoms with van der Waals surface area (Å²) < 4.78 is 35.6. The maximum atomic E-state index is 13.7. The van der Waals surface area contributed by atoms with Crippen LogP contribution < -0.4 is 20.1 Å². The van der Waals surface area contributed by atoms with Gasteiger partial charge in [0.2, 0.25) is 15.9 Å². The van der Waals surface area contributed by atoms with Gasteiger partial charge in [-0.3, -0.25) is 18.9 Å². The predicted molar refractivity (Wildman–Crippen MR) is 186 cm³/mol. The molecule has 13 heteroatoms. The zero-order valence-corrected chi connectivity index (χ0v) is 29.8. The Morgan fingerprint density at radius 1 is 1.19 bits per heavy atom. The lowest BCUT2D eigenvalue weighted by molar-refractivity contribution is -0.130. The highest BCUT2D eigenvalue weighted by Gasteiger charge is 2.62. The number of nitrogens with zero attached hydrogens (tertiary/aromatic N) is 3. The molecule has 3 N–H and O–H groups in total. The fourth-order valence-corrected chi connectivity index (χ4v) is 9.64. The Kier molecular flexibility index (Phi) is 8.47. The number of ether oxygens (including phenoxy) is 1. The molecule has 7 rings (SSSR count). The van der Waals surface area contributed by atoms with Crippen LogP contribution in [0.4, 0.5) is 0 Å². The Labute approximate surface area is 286 Å². The van der Waals surface area contributed by atoms with Gasteiger partial charge in [0.05, 0.1) is 22.0 Å². The molecule has 0 radical (unpaired) electrons. The van der Waals surface area contributed by atoms with Crippen molar-refractivity contribution in [2.75, 3.05) is 6.54 Å². The molecule has 1 aliphatic heterocycles. The predicted octanol–water partition coefficient (Wildman–Crippen LogP) is 5.20. The highest BCUT2D eigenvalue weighted by molar-refractivity contribution is 7.91. The monoisotopic (exact) mass is 694 g/mol. The van der Waals surface area contributed by atoms with Gasteiger partial charge >= 0.3 is 0 Å². The largest absolute Gasteiger partial charge is 0.460 e. The number of carbonyl (C=O) groups excluding carboxylic acids is 2. The number of hydrogen-bond donors (Lipinski definition) is 3. The van der Waals surface area contributed by atoms with Crippen LogP contribution in [0.25, 0.3) is 21.6 Å². The van der Waals surface area contributed by atoms with Gasteiger partial charge < -0.3 is 15.4 Å². The normalized spacial score (nSPS) is 28.4. The molecule has 3 aromatic rings. The first-order chi connectivity index (χ1) is 22.9. The number of imidazole rings is 1. The molecule has 0 spiro atoms. The number of carbonyl (C=O) groups is 2. The Balaban J connectivity index is 1.08. The lowest BCUT2D eigenvalue weighted by atomic mass is 9.87. The van der Waals surface area contributed by atoms with Gasteiger partial charge in [0.1, 0.15) is 22.2 Å². The molecule has 1 aromatic carbocycles. The molecule has 11 nitrogen and oxygen atoms in total. The third-order valence-electron chi connectivity index (χ3n) is 11.1. The van der Waals surface area contributed by atoms with Crippen molar-refractivity contribution in [1.82, 2.24) is 29.9 Å². The summed E-state index contributed by atoms with van der Waals surface area (Å²) in [5.74, 6) is -1.18. The van der Waals surface area contributed by atoms with Crippen LogP contribution in [0.5, 0.6) is 6.01 Å². The zero-order valence-electron chi connectivity index (χ0n) is 28.1. The number of sulfonamides is 1. The van der Waals surface area contributed by atoms with Gasteiger partial charge in [-0.05, 0) is 65.0 Å². The minimum absolute atomic E-state index is 0.0661. The van der Waals surface area contributed by atoms with Crippen molar-refractivity contribution < 1.29 is 22.7 Å². The third-order valence-corrected chi connectivity index (χ3v) is 14.1. The van der Waals surface area contributed by atoms with Crippen molar-refractivity contribution in [3.05, 3.63) is 41.9 Å². The van der Waals surface area contributed by atoms with E-state index in [1.807, 2.05) is 13.0 Å². The molecular formula is C35H46N6O5S2.